The van der Waals surface area contributed by atoms with Crippen molar-refractivity contribution in [2.45, 2.75) is 38.8 Å². The van der Waals surface area contributed by atoms with Gasteiger partial charge in [-0.3, -0.25) is 9.59 Å². The number of hydrogen-bond acceptors (Lipinski definition) is 3. The van der Waals surface area contributed by atoms with Crippen LogP contribution in [0.5, 0.6) is 0 Å². The van der Waals surface area contributed by atoms with Gasteiger partial charge in [-0.25, -0.2) is 0 Å². The number of carbonyl (C=O) groups is 2. The van der Waals surface area contributed by atoms with Crippen LogP contribution in [-0.4, -0.2) is 28.6 Å². The van der Waals surface area contributed by atoms with Gasteiger partial charge < -0.3 is 16.2 Å². The highest BCUT2D eigenvalue weighted by molar-refractivity contribution is 5.85. The fraction of sp³-hybridized carbons (Fsp3) is 0.750. The standard InChI is InChI=1S/C8H16N2O3/c1-5(4-6(11)12)10-7(13)8(2,3)9/h5H,4,9H2,1-3H3,(H,10,13)(H,11,12). The van der Waals surface area contributed by atoms with Crippen molar-refractivity contribution in [2.75, 3.05) is 0 Å². The fourth-order valence-corrected chi connectivity index (χ4v) is 0.723. The zero-order valence-electron chi connectivity index (χ0n) is 8.13. The molecule has 5 heteroatoms. The van der Waals surface area contributed by atoms with Crippen LogP contribution in [0.15, 0.2) is 0 Å². The Bertz CT molecular complexity index is 208. The van der Waals surface area contributed by atoms with Crippen molar-refractivity contribution in [2.24, 2.45) is 5.73 Å². The van der Waals surface area contributed by atoms with E-state index in [0.717, 1.165) is 0 Å². The van der Waals surface area contributed by atoms with Gasteiger partial charge >= 0.3 is 5.97 Å². The largest absolute Gasteiger partial charge is 0.481 e. The van der Waals surface area contributed by atoms with E-state index < -0.39 is 17.6 Å². The first-order chi connectivity index (χ1) is 5.73. The predicted octanol–water partition coefficient (Wildman–Crippen LogP) is -0.297. The molecule has 0 fully saturated rings. The number of nitrogens with one attached hydrogen (secondary N) is 1. The van der Waals surface area contributed by atoms with Gasteiger partial charge in [0.2, 0.25) is 5.91 Å². The van der Waals surface area contributed by atoms with Crippen molar-refractivity contribution < 1.29 is 14.7 Å². The lowest BCUT2D eigenvalue weighted by Crippen LogP contribution is -2.51. The lowest BCUT2D eigenvalue weighted by Gasteiger charge is -2.20. The Labute approximate surface area is 77.3 Å². The molecule has 0 saturated carbocycles. The highest BCUT2D eigenvalue weighted by Crippen LogP contribution is 1.98. The number of carboxylic acid groups (broad SMARTS) is 1. The Morgan fingerprint density at radius 3 is 2.31 bits per heavy atom. The summed E-state index contributed by atoms with van der Waals surface area (Å²) in [6.07, 6.45) is -0.0954. The average Bonchev–Trinajstić information content (AvgIpc) is 1.82. The first-order valence-electron chi connectivity index (χ1n) is 4.05. The zero-order chi connectivity index (χ0) is 10.6. The molecule has 0 aromatic heterocycles. The molecule has 0 aromatic carbocycles. The SMILES string of the molecule is CC(CC(=O)O)NC(=O)C(C)(C)N. The summed E-state index contributed by atoms with van der Waals surface area (Å²) in [4.78, 5) is 21.5. The maximum Gasteiger partial charge on any atom is 0.305 e. The third kappa shape index (κ3) is 5.19. The molecular formula is C8H16N2O3. The van der Waals surface area contributed by atoms with Crippen LogP contribution in [0.4, 0.5) is 0 Å². The summed E-state index contributed by atoms with van der Waals surface area (Å²) >= 11 is 0. The highest BCUT2D eigenvalue weighted by atomic mass is 16.4. The zero-order valence-corrected chi connectivity index (χ0v) is 8.13. The van der Waals surface area contributed by atoms with Gasteiger partial charge in [-0.15, -0.1) is 0 Å². The van der Waals surface area contributed by atoms with Gasteiger partial charge in [0.25, 0.3) is 0 Å². The second-order valence-corrected chi connectivity index (χ2v) is 3.69. The Morgan fingerprint density at radius 2 is 2.00 bits per heavy atom. The molecule has 4 N–H and O–H groups in total. The van der Waals surface area contributed by atoms with Gasteiger partial charge in [0.1, 0.15) is 0 Å². The van der Waals surface area contributed by atoms with Crippen molar-refractivity contribution in [1.82, 2.24) is 5.32 Å². The van der Waals surface area contributed by atoms with Gasteiger partial charge in [-0.1, -0.05) is 0 Å². The number of amides is 1. The molecule has 0 rings (SSSR count). The maximum atomic E-state index is 11.2. The lowest BCUT2D eigenvalue weighted by atomic mass is 10.1. The first kappa shape index (κ1) is 11.9. The van der Waals surface area contributed by atoms with E-state index in [1.807, 2.05) is 0 Å². The van der Waals surface area contributed by atoms with Crippen molar-refractivity contribution in [3.05, 3.63) is 0 Å². The van der Waals surface area contributed by atoms with Crippen LogP contribution in [0, 0.1) is 0 Å². The molecule has 0 aliphatic rings. The van der Waals surface area contributed by atoms with Gasteiger partial charge in [-0.2, -0.15) is 0 Å². The first-order valence-corrected chi connectivity index (χ1v) is 4.05. The van der Waals surface area contributed by atoms with Gasteiger partial charge in [-0.05, 0) is 20.8 Å². The number of aliphatic carboxylic acids is 1. The molecule has 0 heterocycles. The molecule has 0 aliphatic carbocycles. The Hall–Kier alpha value is -1.10. The van der Waals surface area contributed by atoms with Crippen LogP contribution in [0.1, 0.15) is 27.2 Å². The van der Waals surface area contributed by atoms with E-state index in [9.17, 15) is 9.59 Å². The normalized spacial score (nSPS) is 13.5. The molecule has 5 nitrogen and oxygen atoms in total. The second kappa shape index (κ2) is 4.23. The monoisotopic (exact) mass is 188 g/mol. The van der Waals surface area contributed by atoms with Crippen molar-refractivity contribution in [3.8, 4) is 0 Å². The quantitative estimate of drug-likeness (QED) is 0.565. The summed E-state index contributed by atoms with van der Waals surface area (Å²) in [6, 6.07) is -0.396. The Balaban J connectivity index is 4.00. The number of rotatable bonds is 4. The Morgan fingerprint density at radius 1 is 1.54 bits per heavy atom. The molecule has 0 saturated heterocycles. The summed E-state index contributed by atoms with van der Waals surface area (Å²) in [5.41, 5.74) is 4.53. The molecule has 0 bridgehead atoms. The number of hydrogen-bond donors (Lipinski definition) is 3. The number of nitrogens with two attached hydrogens (primary N) is 1. The van der Waals surface area contributed by atoms with Crippen LogP contribution in [0.25, 0.3) is 0 Å². The molecule has 76 valence electrons. The van der Waals surface area contributed by atoms with Crippen LogP contribution in [0.3, 0.4) is 0 Å². The molecule has 0 radical (unpaired) electrons. The van der Waals surface area contributed by atoms with Crippen LogP contribution in [-0.2, 0) is 9.59 Å². The molecule has 1 atom stereocenters. The molecule has 0 aromatic rings. The molecule has 13 heavy (non-hydrogen) atoms. The molecule has 1 unspecified atom stereocenters. The van der Waals surface area contributed by atoms with E-state index in [-0.39, 0.29) is 12.3 Å². The average molecular weight is 188 g/mol. The van der Waals surface area contributed by atoms with Crippen molar-refractivity contribution in [3.63, 3.8) is 0 Å². The maximum absolute atomic E-state index is 11.2. The molecule has 0 spiro atoms. The summed E-state index contributed by atoms with van der Waals surface area (Å²) in [5, 5.41) is 10.9. The minimum absolute atomic E-state index is 0.0954. The summed E-state index contributed by atoms with van der Waals surface area (Å²) in [5.74, 6) is -1.29. The molecular weight excluding hydrogens is 172 g/mol. The van der Waals surface area contributed by atoms with Crippen molar-refractivity contribution in [1.29, 1.82) is 0 Å². The van der Waals surface area contributed by atoms with E-state index >= 15 is 0 Å². The topological polar surface area (TPSA) is 92.4 Å². The third-order valence-electron chi connectivity index (χ3n) is 1.44. The molecule has 0 aliphatic heterocycles. The minimum atomic E-state index is -0.966. The van der Waals surface area contributed by atoms with E-state index in [1.54, 1.807) is 20.8 Å². The molecule has 1 amide bonds. The fourth-order valence-electron chi connectivity index (χ4n) is 0.723. The summed E-state index contributed by atoms with van der Waals surface area (Å²) in [6.45, 7) is 4.75. The van der Waals surface area contributed by atoms with Crippen LogP contribution in [0.2, 0.25) is 0 Å². The summed E-state index contributed by atoms with van der Waals surface area (Å²) in [7, 11) is 0. The van der Waals surface area contributed by atoms with E-state index in [2.05, 4.69) is 5.32 Å². The van der Waals surface area contributed by atoms with Gasteiger partial charge in [0.15, 0.2) is 0 Å². The predicted molar refractivity (Wildman–Crippen MR) is 48.1 cm³/mol. The van der Waals surface area contributed by atoms with Crippen LogP contribution >= 0.6 is 0 Å². The van der Waals surface area contributed by atoms with E-state index in [4.69, 9.17) is 10.8 Å². The second-order valence-electron chi connectivity index (χ2n) is 3.69. The van der Waals surface area contributed by atoms with Crippen molar-refractivity contribution >= 4 is 11.9 Å². The third-order valence-corrected chi connectivity index (χ3v) is 1.44. The Kier molecular flexibility index (Phi) is 3.87. The minimum Gasteiger partial charge on any atom is -0.481 e. The highest BCUT2D eigenvalue weighted by Gasteiger charge is 2.23. The van der Waals surface area contributed by atoms with E-state index in [1.165, 1.54) is 0 Å². The van der Waals surface area contributed by atoms with Crippen LogP contribution < -0.4 is 11.1 Å². The van der Waals surface area contributed by atoms with Gasteiger partial charge in [0, 0.05) is 6.04 Å². The smallest absolute Gasteiger partial charge is 0.305 e. The van der Waals surface area contributed by atoms with E-state index in [0.29, 0.717) is 0 Å². The lowest BCUT2D eigenvalue weighted by molar-refractivity contribution is -0.137. The number of carbonyl (C=O) groups excluding carboxylic acids is 1. The summed E-state index contributed by atoms with van der Waals surface area (Å²) < 4.78 is 0. The van der Waals surface area contributed by atoms with Gasteiger partial charge in [0.05, 0.1) is 12.0 Å². The number of carboxylic acids is 1.